The molecule has 0 spiro atoms. The normalized spacial score (nSPS) is 14.0. The molecule has 162 valence electrons. The number of likely N-dealkylation sites (tertiary alicyclic amines) is 1. The van der Waals surface area contributed by atoms with Crippen molar-refractivity contribution >= 4 is 29.1 Å². The number of halogens is 1. The molecule has 0 aliphatic carbocycles. The summed E-state index contributed by atoms with van der Waals surface area (Å²) in [4.78, 5) is 11.3. The van der Waals surface area contributed by atoms with Gasteiger partial charge in [-0.2, -0.15) is 4.98 Å². The van der Waals surface area contributed by atoms with E-state index >= 15 is 0 Å². The molecule has 7 heteroatoms. The molecule has 2 heterocycles. The predicted molar refractivity (Wildman–Crippen MR) is 127 cm³/mol. The van der Waals surface area contributed by atoms with Crippen LogP contribution in [0.1, 0.15) is 24.0 Å². The second-order valence-corrected chi connectivity index (χ2v) is 8.32. The second kappa shape index (κ2) is 9.54. The molecule has 1 aliphatic heterocycles. The molecule has 4 rings (SSSR count). The Bertz CT molecular complexity index is 1050. The first kappa shape index (κ1) is 21.4. The highest BCUT2D eigenvalue weighted by Gasteiger charge is 2.13. The minimum absolute atomic E-state index is 0.222. The molecule has 1 saturated heterocycles. The maximum absolute atomic E-state index is 6.14. The average molecular weight is 438 g/mol. The van der Waals surface area contributed by atoms with E-state index in [0.717, 1.165) is 45.4 Å². The van der Waals surface area contributed by atoms with E-state index in [4.69, 9.17) is 22.1 Å². The largest absolute Gasteiger partial charge is 0.492 e. The van der Waals surface area contributed by atoms with Gasteiger partial charge < -0.3 is 15.8 Å². The van der Waals surface area contributed by atoms with Crippen LogP contribution in [0.5, 0.6) is 5.75 Å². The first-order valence-electron chi connectivity index (χ1n) is 10.6. The number of ether oxygens (including phenoxy) is 1. The van der Waals surface area contributed by atoms with Crippen LogP contribution >= 0.6 is 11.6 Å². The van der Waals surface area contributed by atoms with E-state index in [2.05, 4.69) is 20.2 Å². The molecular weight excluding hydrogens is 410 g/mol. The van der Waals surface area contributed by atoms with Crippen molar-refractivity contribution in [2.75, 3.05) is 37.3 Å². The Hall–Kier alpha value is -2.83. The summed E-state index contributed by atoms with van der Waals surface area (Å²) in [6, 6.07) is 13.7. The van der Waals surface area contributed by atoms with Gasteiger partial charge in [0.05, 0.1) is 5.69 Å². The summed E-state index contributed by atoms with van der Waals surface area (Å²) < 4.78 is 5.91. The van der Waals surface area contributed by atoms with Crippen LogP contribution in [0, 0.1) is 13.8 Å². The number of nitrogens with two attached hydrogens (primary N) is 1. The first-order valence-corrected chi connectivity index (χ1v) is 11.0. The van der Waals surface area contributed by atoms with E-state index < -0.39 is 0 Å². The molecule has 0 amide bonds. The van der Waals surface area contributed by atoms with Crippen molar-refractivity contribution < 1.29 is 4.74 Å². The van der Waals surface area contributed by atoms with E-state index in [9.17, 15) is 0 Å². The summed E-state index contributed by atoms with van der Waals surface area (Å²) in [6.07, 6.45) is 2.59. The monoisotopic (exact) mass is 437 g/mol. The number of hydrogen-bond donors (Lipinski definition) is 2. The quantitative estimate of drug-likeness (QED) is 0.528. The van der Waals surface area contributed by atoms with E-state index in [0.29, 0.717) is 12.4 Å². The topological polar surface area (TPSA) is 76.3 Å². The summed E-state index contributed by atoms with van der Waals surface area (Å²) in [6.45, 7) is 8.00. The molecule has 3 N–H and O–H groups in total. The molecular formula is C24H28ClN5O. The fraction of sp³-hybridized carbons (Fsp3) is 0.333. The molecule has 31 heavy (non-hydrogen) atoms. The fourth-order valence-electron chi connectivity index (χ4n) is 3.80. The maximum atomic E-state index is 6.14. The van der Waals surface area contributed by atoms with Crippen LogP contribution in [0.2, 0.25) is 5.02 Å². The lowest BCUT2D eigenvalue weighted by molar-refractivity contribution is 0.238. The number of benzene rings is 2. The Morgan fingerprint density at radius 3 is 2.52 bits per heavy atom. The van der Waals surface area contributed by atoms with Gasteiger partial charge in [0.2, 0.25) is 5.95 Å². The van der Waals surface area contributed by atoms with Crippen LogP contribution in [-0.4, -0.2) is 41.1 Å². The van der Waals surface area contributed by atoms with Crippen LogP contribution in [0.4, 0.5) is 17.5 Å². The lowest BCUT2D eigenvalue weighted by Gasteiger charge is -2.15. The van der Waals surface area contributed by atoms with Gasteiger partial charge in [-0.15, -0.1) is 0 Å². The zero-order valence-corrected chi connectivity index (χ0v) is 18.7. The van der Waals surface area contributed by atoms with Crippen molar-refractivity contribution in [1.29, 1.82) is 0 Å². The highest BCUT2D eigenvalue weighted by molar-refractivity contribution is 6.31. The SMILES string of the molecule is Cc1cc(Nc2nc(N)nc(-c3ccc(OCCN4CCCC4)cc3)c2C)ccc1Cl. The number of nitrogens with one attached hydrogen (secondary N) is 1. The number of hydrogen-bond acceptors (Lipinski definition) is 6. The third-order valence-corrected chi connectivity index (χ3v) is 6.01. The molecule has 0 unspecified atom stereocenters. The molecule has 0 atom stereocenters. The Labute approximate surface area is 188 Å². The van der Waals surface area contributed by atoms with Crippen molar-refractivity contribution in [2.24, 2.45) is 0 Å². The Morgan fingerprint density at radius 1 is 1.06 bits per heavy atom. The van der Waals surface area contributed by atoms with Crippen LogP contribution < -0.4 is 15.8 Å². The lowest BCUT2D eigenvalue weighted by Crippen LogP contribution is -2.25. The Morgan fingerprint density at radius 2 is 1.81 bits per heavy atom. The van der Waals surface area contributed by atoms with Gasteiger partial charge in [0.15, 0.2) is 0 Å². The molecule has 3 aromatic rings. The van der Waals surface area contributed by atoms with Gasteiger partial charge in [-0.3, -0.25) is 4.90 Å². The molecule has 0 bridgehead atoms. The number of nitrogens with zero attached hydrogens (tertiary/aromatic N) is 3. The summed E-state index contributed by atoms with van der Waals surface area (Å²) in [5, 5.41) is 4.07. The zero-order valence-electron chi connectivity index (χ0n) is 18.0. The highest BCUT2D eigenvalue weighted by atomic mass is 35.5. The van der Waals surface area contributed by atoms with Crippen LogP contribution in [0.25, 0.3) is 11.3 Å². The lowest BCUT2D eigenvalue weighted by atomic mass is 10.1. The highest BCUT2D eigenvalue weighted by Crippen LogP contribution is 2.30. The van der Waals surface area contributed by atoms with E-state index in [1.165, 1.54) is 25.9 Å². The average Bonchev–Trinajstić information content (AvgIpc) is 3.27. The third kappa shape index (κ3) is 5.27. The molecule has 2 aromatic carbocycles. The molecule has 6 nitrogen and oxygen atoms in total. The second-order valence-electron chi connectivity index (χ2n) is 7.91. The standard InChI is InChI=1S/C24H28ClN5O/c1-16-15-19(7-10-21(16)25)27-23-17(2)22(28-24(26)29-23)18-5-8-20(9-6-18)31-14-13-30-11-3-4-12-30/h5-10,15H,3-4,11-14H2,1-2H3,(H3,26,27,28,29). The summed E-state index contributed by atoms with van der Waals surface area (Å²) in [5.74, 6) is 1.76. The molecule has 1 fully saturated rings. The molecule has 0 saturated carbocycles. The smallest absolute Gasteiger partial charge is 0.222 e. The van der Waals surface area contributed by atoms with Gasteiger partial charge in [-0.05, 0) is 87.8 Å². The van der Waals surface area contributed by atoms with Crippen molar-refractivity contribution in [3.05, 3.63) is 58.6 Å². The number of nitrogen functional groups attached to an aromatic ring is 1. The Kier molecular flexibility index (Phi) is 6.59. The fourth-order valence-corrected chi connectivity index (χ4v) is 3.92. The van der Waals surface area contributed by atoms with Crippen molar-refractivity contribution in [1.82, 2.24) is 14.9 Å². The molecule has 1 aromatic heterocycles. The van der Waals surface area contributed by atoms with Gasteiger partial charge in [0.25, 0.3) is 0 Å². The van der Waals surface area contributed by atoms with Crippen LogP contribution in [0.3, 0.4) is 0 Å². The number of aryl methyl sites for hydroxylation is 1. The first-order chi connectivity index (χ1) is 15.0. The van der Waals surface area contributed by atoms with E-state index in [-0.39, 0.29) is 5.95 Å². The summed E-state index contributed by atoms with van der Waals surface area (Å²) in [7, 11) is 0. The summed E-state index contributed by atoms with van der Waals surface area (Å²) in [5.41, 5.74) is 10.6. The van der Waals surface area contributed by atoms with Gasteiger partial charge >= 0.3 is 0 Å². The van der Waals surface area contributed by atoms with Crippen molar-refractivity contribution in [3.8, 4) is 17.0 Å². The summed E-state index contributed by atoms with van der Waals surface area (Å²) >= 11 is 6.14. The van der Waals surface area contributed by atoms with Gasteiger partial charge in [-0.1, -0.05) is 11.6 Å². The third-order valence-electron chi connectivity index (χ3n) is 5.59. The molecule has 0 radical (unpaired) electrons. The minimum atomic E-state index is 0.222. The zero-order chi connectivity index (χ0) is 21.8. The number of anilines is 3. The van der Waals surface area contributed by atoms with Crippen molar-refractivity contribution in [2.45, 2.75) is 26.7 Å². The number of aromatic nitrogens is 2. The minimum Gasteiger partial charge on any atom is -0.492 e. The van der Waals surface area contributed by atoms with Crippen LogP contribution in [-0.2, 0) is 0 Å². The van der Waals surface area contributed by atoms with E-state index in [1.54, 1.807) is 0 Å². The van der Waals surface area contributed by atoms with Crippen molar-refractivity contribution in [3.63, 3.8) is 0 Å². The van der Waals surface area contributed by atoms with Gasteiger partial charge in [0.1, 0.15) is 18.2 Å². The maximum Gasteiger partial charge on any atom is 0.222 e. The Balaban J connectivity index is 1.48. The number of rotatable bonds is 7. The van der Waals surface area contributed by atoms with E-state index in [1.807, 2.05) is 56.3 Å². The predicted octanol–water partition coefficient (Wildman–Crippen LogP) is 5.21. The molecule has 1 aliphatic rings. The van der Waals surface area contributed by atoms with Gasteiger partial charge in [-0.25, -0.2) is 4.98 Å². The van der Waals surface area contributed by atoms with Gasteiger partial charge in [0, 0.05) is 28.4 Å². The van der Waals surface area contributed by atoms with Crippen LogP contribution in [0.15, 0.2) is 42.5 Å².